The Balaban J connectivity index is 2.23. The molecule has 4 N–H and O–H groups in total. The zero-order valence-corrected chi connectivity index (χ0v) is 8.73. The number of aliphatic carboxylic acids is 1. The minimum Gasteiger partial charge on any atom is -0.481 e. The van der Waals surface area contributed by atoms with Crippen LogP contribution in [-0.2, 0) is 11.3 Å². The number of amides is 2. The molecule has 0 spiro atoms. The predicted octanol–water partition coefficient (Wildman–Crippen LogP) is -0.533. The molecule has 0 bridgehead atoms. The molecule has 0 aliphatic rings. The Morgan fingerprint density at radius 1 is 1.62 bits per heavy atom. The quantitative estimate of drug-likeness (QED) is 0.538. The molecule has 1 heterocycles. The molecular weight excluding hydrogens is 214 g/mol. The Bertz CT molecular complexity index is 351. The Morgan fingerprint density at radius 3 is 2.94 bits per heavy atom. The fraction of sp³-hybridized carbons (Fsp3) is 0.500. The summed E-state index contributed by atoms with van der Waals surface area (Å²) in [7, 11) is 0. The van der Waals surface area contributed by atoms with Crippen LogP contribution in [0.25, 0.3) is 0 Å². The lowest BCUT2D eigenvalue weighted by molar-refractivity contribution is -0.137. The molecule has 8 heteroatoms. The van der Waals surface area contributed by atoms with E-state index in [-0.39, 0.29) is 13.0 Å². The van der Waals surface area contributed by atoms with Crippen LogP contribution >= 0.6 is 0 Å². The third-order valence-corrected chi connectivity index (χ3v) is 1.74. The molecule has 2 amide bonds. The van der Waals surface area contributed by atoms with Crippen molar-refractivity contribution in [2.45, 2.75) is 25.9 Å². The molecule has 0 aliphatic carbocycles. The highest BCUT2D eigenvalue weighted by Crippen LogP contribution is 1.90. The highest BCUT2D eigenvalue weighted by Gasteiger charge is 2.10. The fourth-order valence-electron chi connectivity index (χ4n) is 1.07. The van der Waals surface area contributed by atoms with Gasteiger partial charge in [-0.3, -0.25) is 9.89 Å². The van der Waals surface area contributed by atoms with Crippen molar-refractivity contribution in [3.8, 4) is 0 Å². The second-order valence-electron chi connectivity index (χ2n) is 3.26. The van der Waals surface area contributed by atoms with Crippen molar-refractivity contribution in [2.75, 3.05) is 0 Å². The number of hydrogen-bond acceptors (Lipinski definition) is 4. The lowest BCUT2D eigenvalue weighted by Crippen LogP contribution is -2.41. The lowest BCUT2D eigenvalue weighted by atomic mass is 10.2. The summed E-state index contributed by atoms with van der Waals surface area (Å²) in [5.41, 5.74) is 0. The Labute approximate surface area is 91.5 Å². The lowest BCUT2D eigenvalue weighted by Gasteiger charge is -2.11. The molecule has 0 fully saturated rings. The zero-order valence-electron chi connectivity index (χ0n) is 8.73. The van der Waals surface area contributed by atoms with Crippen LogP contribution < -0.4 is 10.6 Å². The molecule has 88 valence electrons. The van der Waals surface area contributed by atoms with E-state index in [0.29, 0.717) is 5.82 Å². The molecule has 1 unspecified atom stereocenters. The molecular formula is C8H13N5O3. The highest BCUT2D eigenvalue weighted by molar-refractivity contribution is 5.75. The molecule has 1 aromatic rings. The summed E-state index contributed by atoms with van der Waals surface area (Å²) in [4.78, 5) is 25.4. The summed E-state index contributed by atoms with van der Waals surface area (Å²) < 4.78 is 0. The van der Waals surface area contributed by atoms with Gasteiger partial charge in [-0.1, -0.05) is 0 Å². The summed E-state index contributed by atoms with van der Waals surface area (Å²) in [5.74, 6) is -0.427. The van der Waals surface area contributed by atoms with E-state index in [1.807, 2.05) is 0 Å². The number of H-pyrrole nitrogens is 1. The summed E-state index contributed by atoms with van der Waals surface area (Å²) in [6.07, 6.45) is 1.22. The molecule has 0 aromatic carbocycles. The van der Waals surface area contributed by atoms with E-state index in [4.69, 9.17) is 5.11 Å². The van der Waals surface area contributed by atoms with Gasteiger partial charge in [-0.25, -0.2) is 9.78 Å². The predicted molar refractivity (Wildman–Crippen MR) is 53.5 cm³/mol. The van der Waals surface area contributed by atoms with Crippen molar-refractivity contribution in [2.24, 2.45) is 0 Å². The normalized spacial score (nSPS) is 11.8. The van der Waals surface area contributed by atoms with Gasteiger partial charge in [0, 0.05) is 6.04 Å². The first-order chi connectivity index (χ1) is 7.58. The number of carboxylic acid groups (broad SMARTS) is 1. The second-order valence-corrected chi connectivity index (χ2v) is 3.26. The van der Waals surface area contributed by atoms with Gasteiger partial charge in [-0.05, 0) is 6.92 Å². The fourth-order valence-corrected chi connectivity index (χ4v) is 1.07. The molecule has 1 atom stereocenters. The van der Waals surface area contributed by atoms with Crippen molar-refractivity contribution in [3.05, 3.63) is 12.2 Å². The van der Waals surface area contributed by atoms with Crippen molar-refractivity contribution in [3.63, 3.8) is 0 Å². The maximum Gasteiger partial charge on any atom is 0.315 e. The number of rotatable bonds is 5. The third-order valence-electron chi connectivity index (χ3n) is 1.74. The van der Waals surface area contributed by atoms with E-state index in [1.54, 1.807) is 6.92 Å². The number of hydrogen-bond donors (Lipinski definition) is 4. The molecule has 8 nitrogen and oxygen atoms in total. The third kappa shape index (κ3) is 4.40. The SMILES string of the molecule is CC(CC(=O)O)NC(=O)NCc1ncn[nH]1. The van der Waals surface area contributed by atoms with E-state index >= 15 is 0 Å². The van der Waals surface area contributed by atoms with E-state index in [1.165, 1.54) is 6.33 Å². The maximum absolute atomic E-state index is 11.3. The van der Waals surface area contributed by atoms with Crippen molar-refractivity contribution >= 4 is 12.0 Å². The maximum atomic E-state index is 11.3. The Kier molecular flexibility index (Phi) is 4.25. The van der Waals surface area contributed by atoms with Gasteiger partial charge in [0.05, 0.1) is 13.0 Å². The number of aromatic nitrogens is 3. The minimum atomic E-state index is -0.956. The first-order valence-corrected chi connectivity index (χ1v) is 4.68. The summed E-state index contributed by atoms with van der Waals surface area (Å²) in [5, 5.41) is 19.7. The summed E-state index contributed by atoms with van der Waals surface area (Å²) >= 11 is 0. The van der Waals surface area contributed by atoms with Crippen molar-refractivity contribution in [1.82, 2.24) is 25.8 Å². The second kappa shape index (κ2) is 5.69. The molecule has 16 heavy (non-hydrogen) atoms. The first-order valence-electron chi connectivity index (χ1n) is 4.68. The largest absolute Gasteiger partial charge is 0.481 e. The van der Waals surface area contributed by atoms with Gasteiger partial charge in [0.25, 0.3) is 0 Å². The number of carbonyl (C=O) groups excluding carboxylic acids is 1. The highest BCUT2D eigenvalue weighted by atomic mass is 16.4. The number of nitrogens with one attached hydrogen (secondary N) is 3. The summed E-state index contributed by atoms with van der Waals surface area (Å²) in [6.45, 7) is 1.83. The average molecular weight is 227 g/mol. The van der Waals surface area contributed by atoms with Crippen LogP contribution in [0.1, 0.15) is 19.2 Å². The zero-order chi connectivity index (χ0) is 12.0. The molecule has 1 rings (SSSR count). The van der Waals surface area contributed by atoms with Gasteiger partial charge in [-0.2, -0.15) is 5.10 Å². The smallest absolute Gasteiger partial charge is 0.315 e. The topological polar surface area (TPSA) is 120 Å². The van der Waals surface area contributed by atoms with Gasteiger partial charge in [0.1, 0.15) is 12.2 Å². The van der Waals surface area contributed by atoms with Gasteiger partial charge in [0.15, 0.2) is 0 Å². The van der Waals surface area contributed by atoms with E-state index in [0.717, 1.165) is 0 Å². The van der Waals surface area contributed by atoms with Crippen molar-refractivity contribution in [1.29, 1.82) is 0 Å². The number of urea groups is 1. The molecule has 0 saturated carbocycles. The average Bonchev–Trinajstić information content (AvgIpc) is 2.65. The summed E-state index contributed by atoms with van der Waals surface area (Å²) in [6, 6.07) is -0.864. The van der Waals surface area contributed by atoms with Gasteiger partial charge in [-0.15, -0.1) is 0 Å². The minimum absolute atomic E-state index is 0.115. The van der Waals surface area contributed by atoms with Gasteiger partial charge < -0.3 is 15.7 Å². The molecule has 0 aliphatic heterocycles. The monoisotopic (exact) mass is 227 g/mol. The first kappa shape index (κ1) is 12.0. The van der Waals surface area contributed by atoms with Crippen molar-refractivity contribution < 1.29 is 14.7 Å². The number of aromatic amines is 1. The molecule has 0 saturated heterocycles. The van der Waals surface area contributed by atoms with Crippen LogP contribution in [0.3, 0.4) is 0 Å². The van der Waals surface area contributed by atoms with Crippen LogP contribution in [0.2, 0.25) is 0 Å². The standard InChI is InChI=1S/C8H13N5O3/c1-5(2-7(14)15)12-8(16)9-3-6-10-4-11-13-6/h4-5H,2-3H2,1H3,(H,14,15)(H2,9,12,16)(H,10,11,13). The Hall–Kier alpha value is -2.12. The van der Waals surface area contributed by atoms with Crippen LogP contribution in [0, 0.1) is 0 Å². The van der Waals surface area contributed by atoms with E-state index in [9.17, 15) is 9.59 Å². The van der Waals surface area contributed by atoms with Crippen LogP contribution in [0.5, 0.6) is 0 Å². The molecule has 0 radical (unpaired) electrons. The van der Waals surface area contributed by atoms with Crippen LogP contribution in [0.4, 0.5) is 4.79 Å². The number of carbonyl (C=O) groups is 2. The van der Waals surface area contributed by atoms with Gasteiger partial charge in [0.2, 0.25) is 0 Å². The van der Waals surface area contributed by atoms with Crippen LogP contribution in [-0.4, -0.2) is 38.3 Å². The van der Waals surface area contributed by atoms with E-state index < -0.39 is 18.0 Å². The number of nitrogens with zero attached hydrogens (tertiary/aromatic N) is 2. The molecule has 1 aromatic heterocycles. The Morgan fingerprint density at radius 2 is 2.38 bits per heavy atom. The van der Waals surface area contributed by atoms with E-state index in [2.05, 4.69) is 25.8 Å². The number of carboxylic acids is 1. The van der Waals surface area contributed by atoms with Gasteiger partial charge >= 0.3 is 12.0 Å². The van der Waals surface area contributed by atoms with Crippen LogP contribution in [0.15, 0.2) is 6.33 Å².